The number of likely N-dealkylation sites (tertiary alicyclic amines) is 1. The van der Waals surface area contributed by atoms with Gasteiger partial charge in [0.15, 0.2) is 0 Å². The summed E-state index contributed by atoms with van der Waals surface area (Å²) in [6.07, 6.45) is 4.51. The van der Waals surface area contributed by atoms with E-state index in [1.54, 1.807) is 13.2 Å². The van der Waals surface area contributed by atoms with Crippen LogP contribution in [0.3, 0.4) is 0 Å². The molecule has 0 bridgehead atoms. The van der Waals surface area contributed by atoms with Crippen molar-refractivity contribution in [3.63, 3.8) is 0 Å². The Hall–Kier alpha value is -1.09. The van der Waals surface area contributed by atoms with Gasteiger partial charge in [-0.1, -0.05) is 13.3 Å². The second kappa shape index (κ2) is 6.19. The Labute approximate surface area is 109 Å². The summed E-state index contributed by atoms with van der Waals surface area (Å²) >= 11 is 0. The molecule has 0 aromatic heterocycles. The van der Waals surface area contributed by atoms with Gasteiger partial charge in [0.05, 0.1) is 7.11 Å². The predicted octanol–water partition coefficient (Wildman–Crippen LogP) is 3.38. The lowest BCUT2D eigenvalue weighted by Crippen LogP contribution is -2.29. The SMILES string of the molecule is CCc1cc(OC)c(CN2CCCCC2)cc1F. The fourth-order valence-corrected chi connectivity index (χ4v) is 2.58. The lowest BCUT2D eigenvalue weighted by atomic mass is 10.1. The second-order valence-electron chi connectivity index (χ2n) is 4.95. The summed E-state index contributed by atoms with van der Waals surface area (Å²) in [4.78, 5) is 2.38. The molecular weight excluding hydrogens is 229 g/mol. The van der Waals surface area contributed by atoms with Gasteiger partial charge < -0.3 is 4.74 Å². The van der Waals surface area contributed by atoms with Crippen molar-refractivity contribution in [1.82, 2.24) is 4.90 Å². The number of piperidine rings is 1. The first-order chi connectivity index (χ1) is 8.74. The van der Waals surface area contributed by atoms with Gasteiger partial charge in [-0.25, -0.2) is 4.39 Å². The van der Waals surface area contributed by atoms with E-state index in [1.165, 1.54) is 19.3 Å². The average molecular weight is 251 g/mol. The standard InChI is InChI=1S/C15H22FNO/c1-3-12-10-15(18-2)13(9-14(12)16)11-17-7-5-4-6-8-17/h9-10H,3-8,11H2,1-2H3. The first-order valence-electron chi connectivity index (χ1n) is 6.82. The molecule has 1 saturated heterocycles. The average Bonchev–Trinajstić information content (AvgIpc) is 2.40. The maximum atomic E-state index is 13.8. The lowest BCUT2D eigenvalue weighted by Gasteiger charge is -2.27. The maximum absolute atomic E-state index is 13.8. The van der Waals surface area contributed by atoms with Crippen LogP contribution in [0.2, 0.25) is 0 Å². The number of hydrogen-bond acceptors (Lipinski definition) is 2. The molecule has 3 heteroatoms. The van der Waals surface area contributed by atoms with Gasteiger partial charge in [-0.05, 0) is 50.0 Å². The predicted molar refractivity (Wildman–Crippen MR) is 71.5 cm³/mol. The van der Waals surface area contributed by atoms with Crippen LogP contribution in [0.4, 0.5) is 4.39 Å². The van der Waals surface area contributed by atoms with Gasteiger partial charge in [0.2, 0.25) is 0 Å². The molecule has 2 nitrogen and oxygen atoms in total. The minimum Gasteiger partial charge on any atom is -0.496 e. The molecule has 0 saturated carbocycles. The third-order valence-electron chi connectivity index (χ3n) is 3.67. The number of nitrogens with zero attached hydrogens (tertiary/aromatic N) is 1. The van der Waals surface area contributed by atoms with Crippen LogP contribution in [0.15, 0.2) is 12.1 Å². The molecule has 0 atom stereocenters. The summed E-state index contributed by atoms with van der Waals surface area (Å²) in [5.74, 6) is 0.712. The molecule has 2 rings (SSSR count). The van der Waals surface area contributed by atoms with Gasteiger partial charge in [-0.2, -0.15) is 0 Å². The van der Waals surface area contributed by atoms with E-state index in [-0.39, 0.29) is 5.82 Å². The fourth-order valence-electron chi connectivity index (χ4n) is 2.58. The van der Waals surface area contributed by atoms with Crippen molar-refractivity contribution in [3.05, 3.63) is 29.1 Å². The van der Waals surface area contributed by atoms with Crippen molar-refractivity contribution < 1.29 is 9.13 Å². The molecule has 0 aliphatic carbocycles. The van der Waals surface area contributed by atoms with Gasteiger partial charge in [-0.15, -0.1) is 0 Å². The number of benzene rings is 1. The molecule has 1 aromatic rings. The molecule has 100 valence electrons. The number of methoxy groups -OCH3 is 1. The minimum atomic E-state index is -0.106. The molecule has 0 radical (unpaired) electrons. The molecule has 0 amide bonds. The van der Waals surface area contributed by atoms with Crippen LogP contribution in [-0.4, -0.2) is 25.1 Å². The Bertz CT molecular complexity index is 400. The van der Waals surface area contributed by atoms with E-state index in [0.717, 1.165) is 36.5 Å². The van der Waals surface area contributed by atoms with Gasteiger partial charge in [0.25, 0.3) is 0 Å². The first kappa shape index (κ1) is 13.3. The number of hydrogen-bond donors (Lipinski definition) is 0. The van der Waals surface area contributed by atoms with E-state index in [1.807, 2.05) is 13.0 Å². The lowest BCUT2D eigenvalue weighted by molar-refractivity contribution is 0.218. The van der Waals surface area contributed by atoms with Crippen LogP contribution >= 0.6 is 0 Å². The largest absolute Gasteiger partial charge is 0.496 e. The quantitative estimate of drug-likeness (QED) is 0.813. The highest BCUT2D eigenvalue weighted by Gasteiger charge is 2.15. The Morgan fingerprint density at radius 2 is 1.89 bits per heavy atom. The highest BCUT2D eigenvalue weighted by Crippen LogP contribution is 2.25. The topological polar surface area (TPSA) is 12.5 Å². The molecular formula is C15H22FNO. The van der Waals surface area contributed by atoms with Crippen LogP contribution in [-0.2, 0) is 13.0 Å². The van der Waals surface area contributed by atoms with E-state index in [0.29, 0.717) is 6.42 Å². The molecule has 1 aliphatic heterocycles. The normalized spacial score (nSPS) is 16.8. The van der Waals surface area contributed by atoms with Crippen LogP contribution in [0.1, 0.15) is 37.3 Å². The first-order valence-corrected chi connectivity index (χ1v) is 6.82. The molecule has 0 spiro atoms. The summed E-state index contributed by atoms with van der Waals surface area (Å²) < 4.78 is 19.2. The Kier molecular flexibility index (Phi) is 4.59. The highest BCUT2D eigenvalue weighted by molar-refractivity contribution is 5.38. The van der Waals surface area contributed by atoms with Crippen molar-refractivity contribution in [3.8, 4) is 5.75 Å². The molecule has 1 aliphatic rings. The second-order valence-corrected chi connectivity index (χ2v) is 4.95. The van der Waals surface area contributed by atoms with E-state index in [2.05, 4.69) is 4.90 Å². The smallest absolute Gasteiger partial charge is 0.126 e. The monoisotopic (exact) mass is 251 g/mol. The molecule has 1 fully saturated rings. The van der Waals surface area contributed by atoms with Crippen molar-refractivity contribution >= 4 is 0 Å². The zero-order valence-electron chi connectivity index (χ0n) is 11.3. The Balaban J connectivity index is 2.17. The van der Waals surface area contributed by atoms with Gasteiger partial charge >= 0.3 is 0 Å². The summed E-state index contributed by atoms with van der Waals surface area (Å²) in [5.41, 5.74) is 1.70. The third-order valence-corrected chi connectivity index (χ3v) is 3.67. The number of ether oxygens (including phenoxy) is 1. The van der Waals surface area contributed by atoms with Crippen molar-refractivity contribution in [1.29, 1.82) is 0 Å². The summed E-state index contributed by atoms with van der Waals surface area (Å²) in [6.45, 7) is 4.98. The van der Waals surface area contributed by atoms with Crippen LogP contribution < -0.4 is 4.74 Å². The van der Waals surface area contributed by atoms with Crippen LogP contribution in [0.5, 0.6) is 5.75 Å². The molecule has 18 heavy (non-hydrogen) atoms. The van der Waals surface area contributed by atoms with Crippen molar-refractivity contribution in [2.75, 3.05) is 20.2 Å². The fraction of sp³-hybridized carbons (Fsp3) is 0.600. The van der Waals surface area contributed by atoms with Crippen molar-refractivity contribution in [2.45, 2.75) is 39.2 Å². The Morgan fingerprint density at radius 3 is 2.50 bits per heavy atom. The molecule has 0 unspecified atom stereocenters. The molecule has 1 heterocycles. The maximum Gasteiger partial charge on any atom is 0.126 e. The van der Waals surface area contributed by atoms with Crippen molar-refractivity contribution in [2.24, 2.45) is 0 Å². The minimum absolute atomic E-state index is 0.106. The summed E-state index contributed by atoms with van der Waals surface area (Å²) in [5, 5.41) is 0. The number of halogens is 1. The Morgan fingerprint density at radius 1 is 1.17 bits per heavy atom. The third kappa shape index (κ3) is 3.02. The molecule has 0 N–H and O–H groups in total. The summed E-state index contributed by atoms with van der Waals surface area (Å²) in [6, 6.07) is 3.49. The summed E-state index contributed by atoms with van der Waals surface area (Å²) in [7, 11) is 1.66. The number of rotatable bonds is 4. The zero-order valence-corrected chi connectivity index (χ0v) is 11.3. The van der Waals surface area contributed by atoms with Gasteiger partial charge in [-0.3, -0.25) is 4.90 Å². The van der Waals surface area contributed by atoms with E-state index < -0.39 is 0 Å². The van der Waals surface area contributed by atoms with Gasteiger partial charge in [0, 0.05) is 12.1 Å². The van der Waals surface area contributed by atoms with E-state index in [4.69, 9.17) is 4.74 Å². The zero-order chi connectivity index (χ0) is 13.0. The van der Waals surface area contributed by atoms with E-state index in [9.17, 15) is 4.39 Å². The van der Waals surface area contributed by atoms with Crippen LogP contribution in [0, 0.1) is 5.82 Å². The molecule has 1 aromatic carbocycles. The van der Waals surface area contributed by atoms with E-state index >= 15 is 0 Å². The highest BCUT2D eigenvalue weighted by atomic mass is 19.1. The van der Waals surface area contributed by atoms with Gasteiger partial charge in [0.1, 0.15) is 11.6 Å². The number of aryl methyl sites for hydroxylation is 1. The van der Waals surface area contributed by atoms with Crippen LogP contribution in [0.25, 0.3) is 0 Å².